The third-order valence-electron chi connectivity index (χ3n) is 17.4. The Morgan fingerprint density at radius 3 is 0.840 bits per heavy atom. The lowest BCUT2D eigenvalue weighted by Gasteiger charge is -2.17. The van der Waals surface area contributed by atoms with Crippen molar-refractivity contribution in [3.63, 3.8) is 0 Å². The van der Waals surface area contributed by atoms with Crippen LogP contribution in [-0.2, 0) is 52.7 Å². The van der Waals surface area contributed by atoms with Crippen molar-refractivity contribution >= 4 is 69.1 Å². The van der Waals surface area contributed by atoms with Gasteiger partial charge in [-0.25, -0.2) is 0 Å². The first-order chi connectivity index (χ1) is 48.0. The second-order valence-corrected chi connectivity index (χ2v) is 27.3. The molecule has 0 aromatic carbocycles. The van der Waals surface area contributed by atoms with Gasteiger partial charge in [-0.3, -0.25) is 9.59 Å². The summed E-state index contributed by atoms with van der Waals surface area (Å²) in [6.07, 6.45) is 59.1. The van der Waals surface area contributed by atoms with Gasteiger partial charge in [0.05, 0.1) is 0 Å². The predicted molar refractivity (Wildman–Crippen MR) is 444 cm³/mol. The van der Waals surface area contributed by atoms with Gasteiger partial charge in [-0.1, -0.05) is 293 Å². The predicted octanol–water partition coefficient (Wildman–Crippen LogP) is 27.1. The van der Waals surface area contributed by atoms with E-state index in [-0.39, 0.29) is 16.1 Å². The standard InChI is InChI=1S/C12H24O.C12H22O.C11H22O.C11H20O.C10H20O.2C8H16O.C6H12O.2C4H8O.C3H6O.3H2/c2*1-4-7-8-11(5-2)9-12(6-3)10-13;2*1-4-6-7-11(5-2)8-10(3)9-12;1-4-6-9(3)7-10(5-2)8-11;2*1-3-5-6-8(4-2)7-9;1-3-4-6(2)5-7;2*1-2-3-4-5;1-2-3-4;;;/h10-12H,4-9H2,1-3H3;9-11H,4-8H2,1-3H3;9-11H,4-8H2,1-3H3;8-9,11H,4-7H2,1-3H3;8-10H,4-7H2,1-3H3;2*7-8H,3-6H2,1-2H3;5-6H,3-4H2,1-2H3;2*4H,2-3H2,1H3;3H,2H2,1H3;3*1H/b;12-9+;;10-8+;;;;;;;;;;. The van der Waals surface area contributed by atoms with Crippen molar-refractivity contribution in [2.45, 2.75) is 417 Å². The smallest absolute Gasteiger partial charge is 0.145 e. The summed E-state index contributed by atoms with van der Waals surface area (Å²) in [6, 6.07) is 0. The molecule has 11 nitrogen and oxygen atoms in total. The molecule has 0 aliphatic heterocycles. The molecule has 0 N–H and O–H groups in total. The molecule has 0 aliphatic carbocycles. The van der Waals surface area contributed by atoms with Crippen LogP contribution in [0.2, 0.25) is 0 Å². The molecule has 0 spiro atoms. The SMILES string of the molecule is CCC=O.CCCC(C)C=O.CCCC(C)CC(C=O)CC.CCCC=O.CCCC=O.CCCCC(/C=C(/C=O)CC)CC.CCCCC(/C=C(\C)C=O)CC.CCCCC(C=O)CC.CCCCC(C=O)CC.CCCCC(CC)CC(C)C=O.CCCCC(CC)CC(C=O)CC.[HH].[HH].[HH]. The average Bonchev–Trinajstić information content (AvgIpc) is 1.79. The fourth-order valence-electron chi connectivity index (χ4n) is 9.86. The van der Waals surface area contributed by atoms with E-state index in [0.29, 0.717) is 54.8 Å². The number of aldehydes is 11. The van der Waals surface area contributed by atoms with E-state index in [1.807, 2.05) is 48.5 Å². The molecule has 11 heteroatoms. The fraction of sp³-hybridized carbons (Fsp3) is 0.831. The van der Waals surface area contributed by atoms with Crippen LogP contribution < -0.4 is 0 Å². The molecule has 0 aromatic rings. The topological polar surface area (TPSA) is 188 Å². The minimum atomic E-state index is 0. The van der Waals surface area contributed by atoms with Crippen molar-refractivity contribution in [3.8, 4) is 0 Å². The van der Waals surface area contributed by atoms with Crippen LogP contribution in [0, 0.1) is 65.1 Å². The third kappa shape index (κ3) is 112. The molecule has 0 aliphatic rings. The van der Waals surface area contributed by atoms with E-state index in [2.05, 4.69) is 130 Å². The molecule has 11 atom stereocenters. The van der Waals surface area contributed by atoms with Gasteiger partial charge in [-0.15, -0.1) is 0 Å². The Morgan fingerprint density at radius 1 is 0.290 bits per heavy atom. The number of carbonyl (C=O) groups excluding carboxylic acids is 11. The number of allylic oxidation sites excluding steroid dienone is 4. The molecule has 0 bridgehead atoms. The largest absolute Gasteiger partial charge is 0.303 e. The first-order valence-corrected chi connectivity index (χ1v) is 41.3. The Hall–Kier alpha value is -4.15. The zero-order valence-electron chi connectivity index (χ0n) is 70.9. The quantitative estimate of drug-likeness (QED) is 0.0416. The molecule has 0 saturated heterocycles. The zero-order valence-corrected chi connectivity index (χ0v) is 70.9. The van der Waals surface area contributed by atoms with Crippen molar-refractivity contribution in [1.82, 2.24) is 0 Å². The highest BCUT2D eigenvalue weighted by atomic mass is 16.1. The van der Waals surface area contributed by atoms with Crippen molar-refractivity contribution in [2.75, 3.05) is 0 Å². The van der Waals surface area contributed by atoms with Crippen LogP contribution in [0.15, 0.2) is 23.3 Å². The van der Waals surface area contributed by atoms with Crippen LogP contribution in [-0.4, -0.2) is 69.1 Å². The first-order valence-electron chi connectivity index (χ1n) is 41.3. The summed E-state index contributed by atoms with van der Waals surface area (Å²) in [7, 11) is 0. The summed E-state index contributed by atoms with van der Waals surface area (Å²) in [4.78, 5) is 111. The van der Waals surface area contributed by atoms with Crippen LogP contribution in [0.25, 0.3) is 0 Å². The number of hydrogen-bond donors (Lipinski definition) is 0. The second-order valence-electron chi connectivity index (χ2n) is 27.3. The Labute approximate surface area is 628 Å². The molecule has 0 amide bonds. The number of rotatable bonds is 52. The molecule has 0 rings (SSSR count). The van der Waals surface area contributed by atoms with E-state index in [9.17, 15) is 52.7 Å². The van der Waals surface area contributed by atoms with E-state index < -0.39 is 0 Å². The normalized spacial score (nSPS) is 13.5. The van der Waals surface area contributed by atoms with Crippen molar-refractivity contribution in [1.29, 1.82) is 0 Å². The van der Waals surface area contributed by atoms with Gasteiger partial charge in [0.2, 0.25) is 0 Å². The Bertz CT molecular complexity index is 1680. The van der Waals surface area contributed by atoms with Crippen molar-refractivity contribution in [3.05, 3.63) is 23.3 Å². The summed E-state index contributed by atoms with van der Waals surface area (Å²) in [5, 5.41) is 0. The van der Waals surface area contributed by atoms with Gasteiger partial charge in [0.1, 0.15) is 69.1 Å². The van der Waals surface area contributed by atoms with Crippen LogP contribution in [0.5, 0.6) is 0 Å². The van der Waals surface area contributed by atoms with Crippen molar-refractivity contribution < 1.29 is 57.0 Å². The van der Waals surface area contributed by atoms with Gasteiger partial charge in [0.15, 0.2) is 0 Å². The van der Waals surface area contributed by atoms with Gasteiger partial charge in [0, 0.05) is 59.0 Å². The minimum Gasteiger partial charge on any atom is -0.303 e. The van der Waals surface area contributed by atoms with Crippen LogP contribution in [0.3, 0.4) is 0 Å². The van der Waals surface area contributed by atoms with Crippen LogP contribution in [0.4, 0.5) is 0 Å². The minimum absolute atomic E-state index is 0. The average molecular weight is 1430 g/mol. The van der Waals surface area contributed by atoms with E-state index in [1.54, 1.807) is 0 Å². The lowest BCUT2D eigenvalue weighted by atomic mass is 9.88. The number of hydrogen-bond acceptors (Lipinski definition) is 11. The Kier molecular flexibility index (Phi) is 133. The lowest BCUT2D eigenvalue weighted by Crippen LogP contribution is -2.09. The summed E-state index contributed by atoms with van der Waals surface area (Å²) in [5.41, 5.74) is 1.83. The highest BCUT2D eigenvalue weighted by Crippen LogP contribution is 2.24. The van der Waals surface area contributed by atoms with Crippen LogP contribution >= 0.6 is 0 Å². The maximum absolute atomic E-state index is 10.7. The lowest BCUT2D eigenvalue weighted by molar-refractivity contribution is -0.112. The molecule has 0 heterocycles. The summed E-state index contributed by atoms with van der Waals surface area (Å²) >= 11 is 0. The van der Waals surface area contributed by atoms with Gasteiger partial charge >= 0.3 is 0 Å². The molecule has 11 unspecified atom stereocenters. The Balaban J connectivity index is -0.0000000713. The monoisotopic (exact) mass is 1430 g/mol. The zero-order chi connectivity index (χ0) is 79.3. The molecular weight excluding hydrogens is 1240 g/mol. The number of carbonyl (C=O) groups is 11. The second kappa shape index (κ2) is 111. The number of unbranched alkanes of at least 4 members (excludes halogenated alkanes) is 8. The molecular formula is C89H180O11. The molecule has 0 radical (unpaired) electrons. The molecule has 0 saturated carbocycles. The fourth-order valence-corrected chi connectivity index (χ4v) is 9.86. The van der Waals surface area contributed by atoms with E-state index >= 15 is 0 Å². The Morgan fingerprint density at radius 2 is 0.610 bits per heavy atom. The highest BCUT2D eigenvalue weighted by Gasteiger charge is 2.14. The molecule has 0 fully saturated rings. The van der Waals surface area contributed by atoms with Gasteiger partial charge in [-0.05, 0) is 157 Å². The third-order valence-corrected chi connectivity index (χ3v) is 17.4. The van der Waals surface area contributed by atoms with Gasteiger partial charge < -0.3 is 43.2 Å². The highest BCUT2D eigenvalue weighted by molar-refractivity contribution is 5.73. The van der Waals surface area contributed by atoms with Crippen LogP contribution in [0.1, 0.15) is 421 Å². The molecule has 602 valence electrons. The maximum atomic E-state index is 10.7. The maximum Gasteiger partial charge on any atom is 0.145 e. The van der Waals surface area contributed by atoms with Gasteiger partial charge in [0.25, 0.3) is 0 Å². The van der Waals surface area contributed by atoms with E-state index in [0.717, 1.165) is 201 Å². The van der Waals surface area contributed by atoms with E-state index in [1.165, 1.54) is 128 Å². The summed E-state index contributed by atoms with van der Waals surface area (Å²) in [5.74, 6) is 5.26. The van der Waals surface area contributed by atoms with Crippen molar-refractivity contribution in [2.24, 2.45) is 65.1 Å². The van der Waals surface area contributed by atoms with E-state index in [4.69, 9.17) is 0 Å². The van der Waals surface area contributed by atoms with Gasteiger partial charge in [-0.2, -0.15) is 0 Å². The first kappa shape index (κ1) is 120. The summed E-state index contributed by atoms with van der Waals surface area (Å²) < 4.78 is 0. The summed E-state index contributed by atoms with van der Waals surface area (Å²) in [6.45, 7) is 50.4. The molecule has 0 aromatic heterocycles. The molecule has 100 heavy (non-hydrogen) atoms.